The zero-order chi connectivity index (χ0) is 36.5. The third-order valence-corrected chi connectivity index (χ3v) is 11.1. The van der Waals surface area contributed by atoms with E-state index in [1.807, 2.05) is 56.3 Å². The number of sulfonamides is 1. The van der Waals surface area contributed by atoms with Gasteiger partial charge in [-0.1, -0.05) is 61.5 Å². The van der Waals surface area contributed by atoms with Gasteiger partial charge in [0.1, 0.15) is 5.75 Å². The van der Waals surface area contributed by atoms with Crippen LogP contribution in [-0.2, 0) is 14.8 Å². The summed E-state index contributed by atoms with van der Waals surface area (Å²) in [5, 5.41) is 17.9. The number of carbonyl (C=O) groups is 2. The zero-order valence-corrected chi connectivity index (χ0v) is 30.4. The maximum absolute atomic E-state index is 14.5. The van der Waals surface area contributed by atoms with Gasteiger partial charge in [0.25, 0.3) is 5.91 Å². The molecule has 0 fully saturated rings. The topological polar surface area (TPSA) is 138 Å². The van der Waals surface area contributed by atoms with E-state index < -0.39 is 34.1 Å². The van der Waals surface area contributed by atoms with Crippen LogP contribution < -0.4 is 15.4 Å². The van der Waals surface area contributed by atoms with Crippen molar-refractivity contribution in [1.82, 2.24) is 9.21 Å². The number of fused-ring (bicyclic) bond motifs is 2. The third kappa shape index (κ3) is 9.44. The molecule has 1 aliphatic heterocycles. The highest BCUT2D eigenvalue weighted by atomic mass is 32.2. The average molecular weight is 717 g/mol. The summed E-state index contributed by atoms with van der Waals surface area (Å²) >= 11 is 0. The van der Waals surface area contributed by atoms with Gasteiger partial charge in [0.2, 0.25) is 10.0 Å². The molecule has 272 valence electrons. The Morgan fingerprint density at radius 2 is 1.71 bits per heavy atom. The van der Waals surface area contributed by atoms with Crippen LogP contribution in [0.5, 0.6) is 5.75 Å². The van der Waals surface area contributed by atoms with Crippen LogP contribution in [0.15, 0.2) is 95.9 Å². The molecule has 3 amide bonds. The van der Waals surface area contributed by atoms with E-state index in [2.05, 4.69) is 10.6 Å². The minimum atomic E-state index is -3.78. The molecular formula is C39H48N4O7S. The summed E-state index contributed by atoms with van der Waals surface area (Å²) in [6, 6.07) is 25.6. The molecule has 0 saturated carbocycles. The fourth-order valence-electron chi connectivity index (χ4n) is 6.21. The highest BCUT2D eigenvalue weighted by molar-refractivity contribution is 7.89. The molecule has 1 heterocycles. The number of rotatable bonds is 8. The van der Waals surface area contributed by atoms with Crippen molar-refractivity contribution < 1.29 is 32.6 Å². The molecule has 4 atom stereocenters. The Morgan fingerprint density at radius 1 is 0.980 bits per heavy atom. The lowest BCUT2D eigenvalue weighted by Crippen LogP contribution is -2.48. The smallest absolute Gasteiger partial charge is 0.323 e. The Labute approximate surface area is 300 Å². The number of nitrogens with zero attached hydrogens (tertiary/aromatic N) is 2. The Kier molecular flexibility index (Phi) is 12.7. The molecule has 0 aromatic heterocycles. The second-order valence-corrected chi connectivity index (χ2v) is 15.3. The van der Waals surface area contributed by atoms with Crippen LogP contribution in [0.1, 0.15) is 50.4 Å². The second-order valence-electron chi connectivity index (χ2n) is 13.2. The molecule has 5 rings (SSSR count). The minimum Gasteiger partial charge on any atom is -0.490 e. The number of anilines is 2. The molecule has 0 saturated heterocycles. The molecule has 0 aliphatic carbocycles. The molecule has 4 aromatic rings. The lowest BCUT2D eigenvalue weighted by atomic mass is 10.0. The van der Waals surface area contributed by atoms with Gasteiger partial charge in [0, 0.05) is 43.7 Å². The average Bonchev–Trinajstić information content (AvgIpc) is 3.13. The van der Waals surface area contributed by atoms with E-state index in [0.29, 0.717) is 30.2 Å². The van der Waals surface area contributed by atoms with Gasteiger partial charge >= 0.3 is 6.03 Å². The van der Waals surface area contributed by atoms with E-state index in [1.54, 1.807) is 60.4 Å². The van der Waals surface area contributed by atoms with Gasteiger partial charge in [0.05, 0.1) is 41.0 Å². The molecular weight excluding hydrogens is 669 g/mol. The molecule has 51 heavy (non-hydrogen) atoms. The van der Waals surface area contributed by atoms with Crippen LogP contribution in [0.4, 0.5) is 16.2 Å². The third-order valence-electron chi connectivity index (χ3n) is 9.24. The number of urea groups is 1. The Hall–Kier alpha value is -4.49. The lowest BCUT2D eigenvalue weighted by molar-refractivity contribution is -0.00833. The molecule has 12 heteroatoms. The number of hydrogen-bond acceptors (Lipinski definition) is 7. The number of ether oxygens (including phenoxy) is 2. The Morgan fingerprint density at radius 3 is 2.47 bits per heavy atom. The molecule has 0 radical (unpaired) electrons. The van der Waals surface area contributed by atoms with Crippen LogP contribution in [0, 0.1) is 5.92 Å². The number of amides is 3. The SMILES string of the molecule is C[C@@H]1CCCCO[C@H](CN(C)S(=O)(=O)c2ccccc2)[C@H](C)CN([C@H](C)CO)C(=O)c2cc(NC(=O)Nc3cccc4ccccc34)ccc2O1. The molecule has 0 bridgehead atoms. The van der Waals surface area contributed by atoms with Gasteiger partial charge in [0.15, 0.2) is 0 Å². The van der Waals surface area contributed by atoms with Crippen molar-refractivity contribution in [2.24, 2.45) is 5.92 Å². The predicted octanol–water partition coefficient (Wildman–Crippen LogP) is 6.60. The number of aliphatic hydroxyl groups is 1. The molecule has 0 unspecified atom stereocenters. The first-order valence-electron chi connectivity index (χ1n) is 17.4. The summed E-state index contributed by atoms with van der Waals surface area (Å²) in [5.74, 6) is -0.353. The quantitative estimate of drug-likeness (QED) is 0.187. The van der Waals surface area contributed by atoms with Gasteiger partial charge < -0.3 is 30.1 Å². The van der Waals surface area contributed by atoms with Crippen molar-refractivity contribution in [2.45, 2.75) is 63.2 Å². The maximum atomic E-state index is 14.5. The number of hydrogen-bond donors (Lipinski definition) is 3. The van der Waals surface area contributed by atoms with Crippen LogP contribution in [0.25, 0.3) is 10.8 Å². The van der Waals surface area contributed by atoms with Crippen molar-refractivity contribution in [3.05, 3.63) is 96.6 Å². The van der Waals surface area contributed by atoms with E-state index >= 15 is 0 Å². The van der Waals surface area contributed by atoms with Gasteiger partial charge in [-0.05, 0) is 74.9 Å². The van der Waals surface area contributed by atoms with Crippen molar-refractivity contribution in [3.63, 3.8) is 0 Å². The fourth-order valence-corrected chi connectivity index (χ4v) is 7.41. The minimum absolute atomic E-state index is 0.0733. The first-order chi connectivity index (χ1) is 24.5. The molecule has 3 N–H and O–H groups in total. The highest BCUT2D eigenvalue weighted by Crippen LogP contribution is 2.29. The van der Waals surface area contributed by atoms with E-state index in [-0.39, 0.29) is 42.2 Å². The van der Waals surface area contributed by atoms with Crippen molar-refractivity contribution >= 4 is 44.1 Å². The fraction of sp³-hybridized carbons (Fsp3) is 0.385. The number of carbonyl (C=O) groups excluding carboxylic acids is 2. The number of likely N-dealkylation sites (N-methyl/N-ethyl adjacent to an activating group) is 1. The highest BCUT2D eigenvalue weighted by Gasteiger charge is 2.32. The van der Waals surface area contributed by atoms with Gasteiger partial charge in [-0.3, -0.25) is 4.79 Å². The van der Waals surface area contributed by atoms with Crippen molar-refractivity contribution in [2.75, 3.05) is 44.0 Å². The normalized spacial score (nSPS) is 19.8. The van der Waals surface area contributed by atoms with E-state index in [9.17, 15) is 23.1 Å². The summed E-state index contributed by atoms with van der Waals surface area (Å²) in [6.45, 7) is 5.95. The molecule has 11 nitrogen and oxygen atoms in total. The summed E-state index contributed by atoms with van der Waals surface area (Å²) < 4.78 is 40.8. The van der Waals surface area contributed by atoms with Crippen LogP contribution in [0.3, 0.4) is 0 Å². The number of aliphatic hydroxyl groups excluding tert-OH is 1. The van der Waals surface area contributed by atoms with Gasteiger partial charge in [-0.2, -0.15) is 4.31 Å². The van der Waals surface area contributed by atoms with Gasteiger partial charge in [-0.25, -0.2) is 13.2 Å². The van der Waals surface area contributed by atoms with Crippen LogP contribution >= 0.6 is 0 Å². The summed E-state index contributed by atoms with van der Waals surface area (Å²) in [7, 11) is -2.25. The zero-order valence-electron chi connectivity index (χ0n) is 29.6. The molecule has 4 aromatic carbocycles. The van der Waals surface area contributed by atoms with E-state index in [1.165, 1.54) is 11.4 Å². The first kappa shape index (κ1) is 37.8. The number of nitrogens with one attached hydrogen (secondary N) is 2. The Balaban J connectivity index is 1.42. The number of benzene rings is 4. The predicted molar refractivity (Wildman–Crippen MR) is 200 cm³/mol. The largest absolute Gasteiger partial charge is 0.490 e. The summed E-state index contributed by atoms with van der Waals surface area (Å²) in [5.41, 5.74) is 1.26. The van der Waals surface area contributed by atoms with E-state index in [0.717, 1.165) is 23.6 Å². The maximum Gasteiger partial charge on any atom is 0.323 e. The van der Waals surface area contributed by atoms with Crippen molar-refractivity contribution in [1.29, 1.82) is 0 Å². The van der Waals surface area contributed by atoms with Gasteiger partial charge in [-0.15, -0.1) is 0 Å². The van der Waals surface area contributed by atoms with Crippen LogP contribution in [-0.4, -0.2) is 86.3 Å². The molecule has 0 spiro atoms. The standard InChI is InChI=1S/C39H48N4O7S/c1-27-24-43(28(2)26-44)38(45)34-23-31(40-39(46)41-35-19-12-15-30-14-8-9-18-33(30)35)20-21-36(34)50-29(3)13-10-11-22-49-37(27)25-42(4)51(47,48)32-16-6-5-7-17-32/h5-9,12,14-21,23,27-29,37,44H,10-11,13,22,24-26H2,1-4H3,(H2,40,41,46)/t27-,28-,29-,37-/m1/s1. The van der Waals surface area contributed by atoms with Crippen molar-refractivity contribution in [3.8, 4) is 5.75 Å². The molecule has 1 aliphatic rings. The first-order valence-corrected chi connectivity index (χ1v) is 18.8. The monoisotopic (exact) mass is 716 g/mol. The Bertz CT molecular complexity index is 1900. The second kappa shape index (κ2) is 17.1. The lowest BCUT2D eigenvalue weighted by Gasteiger charge is -2.35. The van der Waals surface area contributed by atoms with Crippen LogP contribution in [0.2, 0.25) is 0 Å². The summed E-state index contributed by atoms with van der Waals surface area (Å²) in [6.07, 6.45) is 1.46. The summed E-state index contributed by atoms with van der Waals surface area (Å²) in [4.78, 5) is 29.4. The van der Waals surface area contributed by atoms with E-state index in [4.69, 9.17) is 9.47 Å².